The molecule has 126 valence electrons. The molecule has 0 spiro atoms. The van der Waals surface area contributed by atoms with Crippen molar-refractivity contribution in [2.24, 2.45) is 0 Å². The molecular weight excluding hydrogens is 334 g/mol. The summed E-state index contributed by atoms with van der Waals surface area (Å²) in [6.07, 6.45) is 2.05. The highest BCUT2D eigenvalue weighted by molar-refractivity contribution is 7.15. The molecule has 0 atom stereocenters. The maximum absolute atomic E-state index is 12.2. The second-order valence-corrected chi connectivity index (χ2v) is 5.88. The standard InChI is InChI=1S/C16H21N3O2S.ClH/c1-4-11(5-2)15-18-19-16(22-15)17-14(20)12-7-9-13(10-8-12)21-6-3;/h7-11H,4-6H2,1-3H3,(H,17,19,20);1H. The molecule has 7 heteroatoms. The van der Waals surface area contributed by atoms with E-state index in [1.165, 1.54) is 11.3 Å². The Morgan fingerprint density at radius 1 is 1.17 bits per heavy atom. The molecule has 0 bridgehead atoms. The van der Waals surface area contributed by atoms with Gasteiger partial charge in [0.1, 0.15) is 10.8 Å². The van der Waals surface area contributed by atoms with Crippen molar-refractivity contribution in [1.29, 1.82) is 0 Å². The van der Waals surface area contributed by atoms with Crippen LogP contribution in [0.5, 0.6) is 5.75 Å². The zero-order chi connectivity index (χ0) is 15.9. The van der Waals surface area contributed by atoms with Gasteiger partial charge in [-0.1, -0.05) is 25.2 Å². The molecule has 2 rings (SSSR count). The Morgan fingerprint density at radius 2 is 1.83 bits per heavy atom. The highest BCUT2D eigenvalue weighted by Gasteiger charge is 2.15. The first-order valence-corrected chi connectivity index (χ1v) is 8.37. The van der Waals surface area contributed by atoms with Crippen molar-refractivity contribution in [2.45, 2.75) is 39.5 Å². The number of nitrogens with one attached hydrogen (secondary N) is 1. The molecule has 1 aromatic heterocycles. The number of benzene rings is 1. The van der Waals surface area contributed by atoms with Gasteiger partial charge in [-0.05, 0) is 44.0 Å². The molecule has 2 aromatic rings. The summed E-state index contributed by atoms with van der Waals surface area (Å²) >= 11 is 1.45. The minimum absolute atomic E-state index is 0. The van der Waals surface area contributed by atoms with Crippen molar-refractivity contribution >= 4 is 34.8 Å². The van der Waals surface area contributed by atoms with E-state index in [2.05, 4.69) is 29.4 Å². The lowest BCUT2D eigenvalue weighted by molar-refractivity contribution is 0.102. The lowest BCUT2D eigenvalue weighted by Gasteiger charge is -2.06. The third kappa shape index (κ3) is 5.18. The number of aromatic nitrogens is 2. The van der Waals surface area contributed by atoms with Crippen LogP contribution in [-0.4, -0.2) is 22.7 Å². The van der Waals surface area contributed by atoms with E-state index < -0.39 is 0 Å². The van der Waals surface area contributed by atoms with Crippen molar-refractivity contribution < 1.29 is 9.53 Å². The average molecular weight is 356 g/mol. The van der Waals surface area contributed by atoms with Crippen LogP contribution in [0.3, 0.4) is 0 Å². The Hall–Kier alpha value is -1.66. The zero-order valence-corrected chi connectivity index (χ0v) is 15.2. The smallest absolute Gasteiger partial charge is 0.257 e. The van der Waals surface area contributed by atoms with Gasteiger partial charge in [0.25, 0.3) is 5.91 Å². The van der Waals surface area contributed by atoms with Gasteiger partial charge in [-0.3, -0.25) is 10.1 Å². The Balaban J connectivity index is 0.00000264. The summed E-state index contributed by atoms with van der Waals surface area (Å²) in [6.45, 7) is 6.80. The van der Waals surface area contributed by atoms with Crippen LogP contribution in [0.2, 0.25) is 0 Å². The number of amides is 1. The van der Waals surface area contributed by atoms with E-state index in [-0.39, 0.29) is 18.3 Å². The van der Waals surface area contributed by atoms with Gasteiger partial charge in [0.2, 0.25) is 5.13 Å². The SMILES string of the molecule is CCOc1ccc(C(=O)Nc2nnc(C(CC)CC)s2)cc1.Cl. The quantitative estimate of drug-likeness (QED) is 0.793. The van der Waals surface area contributed by atoms with Crippen molar-refractivity contribution in [3.63, 3.8) is 0 Å². The number of halogens is 1. The predicted octanol–water partition coefficient (Wildman–Crippen LogP) is 4.51. The molecule has 1 aromatic carbocycles. The average Bonchev–Trinajstić information content (AvgIpc) is 2.98. The summed E-state index contributed by atoms with van der Waals surface area (Å²) < 4.78 is 5.36. The Labute approximate surface area is 146 Å². The van der Waals surface area contributed by atoms with Crippen LogP contribution >= 0.6 is 23.7 Å². The molecule has 0 saturated carbocycles. The second kappa shape index (κ2) is 9.47. The van der Waals surface area contributed by atoms with Crippen LogP contribution in [-0.2, 0) is 0 Å². The fourth-order valence-corrected chi connectivity index (χ4v) is 3.13. The monoisotopic (exact) mass is 355 g/mol. The molecule has 5 nitrogen and oxygen atoms in total. The van der Waals surface area contributed by atoms with E-state index in [0.717, 1.165) is 23.6 Å². The summed E-state index contributed by atoms with van der Waals surface area (Å²) in [7, 11) is 0. The van der Waals surface area contributed by atoms with E-state index in [9.17, 15) is 4.79 Å². The minimum Gasteiger partial charge on any atom is -0.494 e. The van der Waals surface area contributed by atoms with E-state index in [1.54, 1.807) is 24.3 Å². The molecule has 1 amide bonds. The number of ether oxygens (including phenoxy) is 1. The van der Waals surface area contributed by atoms with Gasteiger partial charge < -0.3 is 4.74 Å². The first-order valence-electron chi connectivity index (χ1n) is 7.55. The largest absolute Gasteiger partial charge is 0.494 e. The van der Waals surface area contributed by atoms with Gasteiger partial charge in [-0.15, -0.1) is 22.6 Å². The molecule has 1 N–H and O–H groups in total. The van der Waals surface area contributed by atoms with Gasteiger partial charge in [0, 0.05) is 11.5 Å². The van der Waals surface area contributed by atoms with Gasteiger partial charge >= 0.3 is 0 Å². The molecule has 0 radical (unpaired) electrons. The number of hydrogen-bond acceptors (Lipinski definition) is 5. The normalized spacial score (nSPS) is 10.3. The topological polar surface area (TPSA) is 64.1 Å². The molecule has 0 aliphatic rings. The number of nitrogens with zero attached hydrogens (tertiary/aromatic N) is 2. The third-order valence-electron chi connectivity index (χ3n) is 3.42. The molecule has 1 heterocycles. The lowest BCUT2D eigenvalue weighted by Crippen LogP contribution is -2.11. The fraction of sp³-hybridized carbons (Fsp3) is 0.438. The van der Waals surface area contributed by atoms with E-state index in [1.807, 2.05) is 6.92 Å². The maximum Gasteiger partial charge on any atom is 0.257 e. The first kappa shape index (κ1) is 19.4. The van der Waals surface area contributed by atoms with Gasteiger partial charge in [-0.2, -0.15) is 0 Å². The number of rotatable bonds is 7. The van der Waals surface area contributed by atoms with Crippen LogP contribution < -0.4 is 10.1 Å². The number of carbonyl (C=O) groups excluding carboxylic acids is 1. The van der Waals surface area contributed by atoms with Gasteiger partial charge in [-0.25, -0.2) is 0 Å². The van der Waals surface area contributed by atoms with Crippen molar-refractivity contribution in [3.05, 3.63) is 34.8 Å². The third-order valence-corrected chi connectivity index (χ3v) is 4.42. The molecular formula is C16H22ClN3O2S. The first-order chi connectivity index (χ1) is 10.7. The summed E-state index contributed by atoms with van der Waals surface area (Å²) in [4.78, 5) is 12.2. The molecule has 23 heavy (non-hydrogen) atoms. The molecule has 0 unspecified atom stereocenters. The zero-order valence-electron chi connectivity index (χ0n) is 13.5. The van der Waals surface area contributed by atoms with Gasteiger partial charge in [0.15, 0.2) is 0 Å². The summed E-state index contributed by atoms with van der Waals surface area (Å²) in [5.74, 6) is 0.981. The van der Waals surface area contributed by atoms with Crippen molar-refractivity contribution in [1.82, 2.24) is 10.2 Å². The van der Waals surface area contributed by atoms with Crippen LogP contribution in [0.15, 0.2) is 24.3 Å². The van der Waals surface area contributed by atoms with E-state index in [0.29, 0.717) is 23.2 Å². The minimum atomic E-state index is -0.185. The molecule has 0 saturated heterocycles. The maximum atomic E-state index is 12.2. The second-order valence-electron chi connectivity index (χ2n) is 4.87. The lowest BCUT2D eigenvalue weighted by atomic mass is 10.1. The van der Waals surface area contributed by atoms with Crippen molar-refractivity contribution in [3.8, 4) is 5.75 Å². The molecule has 0 fully saturated rings. The highest BCUT2D eigenvalue weighted by atomic mass is 35.5. The number of carbonyl (C=O) groups is 1. The van der Waals surface area contributed by atoms with Crippen molar-refractivity contribution in [2.75, 3.05) is 11.9 Å². The van der Waals surface area contributed by atoms with Gasteiger partial charge in [0.05, 0.1) is 6.61 Å². The number of hydrogen-bond donors (Lipinski definition) is 1. The Bertz CT molecular complexity index is 612. The predicted molar refractivity (Wildman–Crippen MR) is 96.0 cm³/mol. The van der Waals surface area contributed by atoms with Crippen LogP contribution in [0.1, 0.15) is 54.9 Å². The number of anilines is 1. The summed E-state index contributed by atoms with van der Waals surface area (Å²) in [5, 5.41) is 12.6. The fourth-order valence-electron chi connectivity index (χ4n) is 2.13. The van der Waals surface area contributed by atoms with E-state index in [4.69, 9.17) is 4.74 Å². The van der Waals surface area contributed by atoms with Crippen LogP contribution in [0, 0.1) is 0 Å². The highest BCUT2D eigenvalue weighted by Crippen LogP contribution is 2.28. The molecule has 0 aliphatic heterocycles. The van der Waals surface area contributed by atoms with E-state index >= 15 is 0 Å². The van der Waals surface area contributed by atoms with Crippen LogP contribution in [0.25, 0.3) is 0 Å². The summed E-state index contributed by atoms with van der Waals surface area (Å²) in [6, 6.07) is 7.05. The molecule has 0 aliphatic carbocycles. The van der Waals surface area contributed by atoms with Crippen LogP contribution in [0.4, 0.5) is 5.13 Å². The summed E-state index contributed by atoms with van der Waals surface area (Å²) in [5.41, 5.74) is 0.572. The Kier molecular flexibility index (Phi) is 7.98. The Morgan fingerprint density at radius 3 is 2.39 bits per heavy atom.